The first-order chi connectivity index (χ1) is 10.4. The van der Waals surface area contributed by atoms with Gasteiger partial charge >= 0.3 is 0 Å². The molecule has 118 valence electrons. The Hall–Kier alpha value is -2.35. The Morgan fingerprint density at radius 3 is 2.73 bits per heavy atom. The van der Waals surface area contributed by atoms with E-state index >= 15 is 0 Å². The average molecular weight is 326 g/mol. The molecule has 0 aliphatic heterocycles. The van der Waals surface area contributed by atoms with Crippen LogP contribution in [0.1, 0.15) is 11.4 Å². The zero-order chi connectivity index (χ0) is 16.3. The molecule has 0 aliphatic rings. The van der Waals surface area contributed by atoms with E-state index in [0.717, 1.165) is 28.2 Å². The third-order valence-electron chi connectivity index (χ3n) is 3.13. The molecule has 0 saturated heterocycles. The van der Waals surface area contributed by atoms with E-state index in [1.54, 1.807) is 4.68 Å². The fourth-order valence-electron chi connectivity index (χ4n) is 1.97. The minimum atomic E-state index is -0.444. The van der Waals surface area contributed by atoms with Crippen molar-refractivity contribution >= 4 is 17.5 Å². The van der Waals surface area contributed by atoms with Crippen LogP contribution in [0.25, 0.3) is 0 Å². The molecule has 0 radical (unpaired) electrons. The van der Waals surface area contributed by atoms with Gasteiger partial charge in [0.05, 0.1) is 23.0 Å². The second kappa shape index (κ2) is 6.61. The summed E-state index contributed by atoms with van der Waals surface area (Å²) in [6, 6.07) is 2.23. The van der Waals surface area contributed by atoms with E-state index in [1.165, 1.54) is 0 Å². The summed E-state index contributed by atoms with van der Waals surface area (Å²) in [5.74, 6) is -0.378. The minimum absolute atomic E-state index is 0.243. The molecule has 0 fully saturated rings. The smallest absolute Gasteiger partial charge is 0.265 e. The number of carbonyl (C=O) groups is 1. The fraction of sp³-hybridized carbons (Fsp3) is 0.385. The first kappa shape index (κ1) is 16.0. The maximum atomic E-state index is 11.8. The largest absolute Gasteiger partial charge is 0.353 e. The van der Waals surface area contributed by atoms with Gasteiger partial charge in [-0.2, -0.15) is 5.10 Å². The molecule has 2 heterocycles. The van der Waals surface area contributed by atoms with Gasteiger partial charge in [0, 0.05) is 18.7 Å². The van der Waals surface area contributed by atoms with Crippen molar-refractivity contribution in [3.63, 3.8) is 0 Å². The van der Waals surface area contributed by atoms with Crippen molar-refractivity contribution in [2.24, 2.45) is 0 Å². The summed E-state index contributed by atoms with van der Waals surface area (Å²) in [4.78, 5) is 34.4. The van der Waals surface area contributed by atoms with Crippen molar-refractivity contribution in [3.05, 3.63) is 49.3 Å². The Morgan fingerprint density at radius 2 is 2.09 bits per heavy atom. The number of aromatic nitrogens is 4. The van der Waals surface area contributed by atoms with E-state index in [0.29, 0.717) is 18.1 Å². The summed E-state index contributed by atoms with van der Waals surface area (Å²) in [6.07, 6.45) is 0. The number of hydrogen-bond acceptors (Lipinski definition) is 4. The van der Waals surface area contributed by atoms with Crippen LogP contribution < -0.4 is 16.4 Å². The first-order valence-corrected chi connectivity index (χ1v) is 7.02. The van der Waals surface area contributed by atoms with E-state index < -0.39 is 11.1 Å². The van der Waals surface area contributed by atoms with Crippen LogP contribution in [0.5, 0.6) is 0 Å². The standard InChI is InChI=1S/C13H16ClN5O3/c1-8-13(14)9(2)18(16-8)6-5-15-11(21)7-19-12(22)4-3-10(20)17-19/h3-4H,5-7H2,1-2H3,(H,15,21)(H,17,20). The van der Waals surface area contributed by atoms with E-state index in [2.05, 4.69) is 15.5 Å². The predicted octanol–water partition coefficient (Wildman–Crippen LogP) is -0.180. The molecule has 0 atom stereocenters. The van der Waals surface area contributed by atoms with E-state index in [1.807, 2.05) is 13.8 Å². The van der Waals surface area contributed by atoms with Gasteiger partial charge in [0.1, 0.15) is 6.54 Å². The average Bonchev–Trinajstić information content (AvgIpc) is 2.70. The monoisotopic (exact) mass is 325 g/mol. The number of aryl methyl sites for hydroxylation is 1. The Kier molecular flexibility index (Phi) is 4.81. The normalized spacial score (nSPS) is 10.7. The zero-order valence-corrected chi connectivity index (χ0v) is 13.0. The number of halogens is 1. The van der Waals surface area contributed by atoms with Crippen molar-refractivity contribution in [1.29, 1.82) is 0 Å². The first-order valence-electron chi connectivity index (χ1n) is 6.65. The molecule has 9 heteroatoms. The second-order valence-electron chi connectivity index (χ2n) is 4.79. The summed E-state index contributed by atoms with van der Waals surface area (Å²) in [6.45, 7) is 4.21. The van der Waals surface area contributed by atoms with Crippen molar-refractivity contribution < 1.29 is 4.79 Å². The summed E-state index contributed by atoms with van der Waals surface area (Å²) in [5, 5.41) is 9.80. The van der Waals surface area contributed by atoms with Gasteiger partial charge in [-0.05, 0) is 13.8 Å². The summed E-state index contributed by atoms with van der Waals surface area (Å²) in [5.41, 5.74) is 0.681. The van der Waals surface area contributed by atoms with Gasteiger partial charge in [-0.3, -0.25) is 24.2 Å². The van der Waals surface area contributed by atoms with Crippen LogP contribution in [0.2, 0.25) is 5.02 Å². The van der Waals surface area contributed by atoms with E-state index in [4.69, 9.17) is 11.6 Å². The molecule has 2 N–H and O–H groups in total. The molecule has 2 aromatic rings. The van der Waals surface area contributed by atoms with Gasteiger partial charge in [-0.15, -0.1) is 0 Å². The topological polar surface area (TPSA) is 102 Å². The van der Waals surface area contributed by atoms with Crippen LogP contribution in [-0.2, 0) is 17.9 Å². The minimum Gasteiger partial charge on any atom is -0.353 e. The molecular formula is C13H16ClN5O3. The highest BCUT2D eigenvalue weighted by Gasteiger charge is 2.09. The SMILES string of the molecule is Cc1nn(CCNC(=O)Cn2[nH]c(=O)ccc2=O)c(C)c1Cl. The van der Waals surface area contributed by atoms with Crippen molar-refractivity contribution in [1.82, 2.24) is 24.9 Å². The molecular weight excluding hydrogens is 310 g/mol. The Balaban J connectivity index is 1.90. The lowest BCUT2D eigenvalue weighted by Gasteiger charge is -2.08. The van der Waals surface area contributed by atoms with Gasteiger partial charge in [0.25, 0.3) is 11.1 Å². The van der Waals surface area contributed by atoms with Gasteiger partial charge in [0.15, 0.2) is 0 Å². The number of carbonyl (C=O) groups excluding carboxylic acids is 1. The Labute approximate surface area is 130 Å². The van der Waals surface area contributed by atoms with Crippen LogP contribution in [0.3, 0.4) is 0 Å². The molecule has 0 aliphatic carbocycles. The summed E-state index contributed by atoms with van der Waals surface area (Å²) < 4.78 is 2.66. The van der Waals surface area contributed by atoms with Gasteiger partial charge < -0.3 is 5.32 Å². The number of nitrogens with zero attached hydrogens (tertiary/aromatic N) is 3. The molecule has 0 saturated carbocycles. The van der Waals surface area contributed by atoms with Crippen LogP contribution in [-0.4, -0.2) is 32.0 Å². The fourth-order valence-corrected chi connectivity index (χ4v) is 2.11. The maximum Gasteiger partial charge on any atom is 0.265 e. The third-order valence-corrected chi connectivity index (χ3v) is 3.68. The lowest BCUT2D eigenvalue weighted by molar-refractivity contribution is -0.121. The van der Waals surface area contributed by atoms with Crippen molar-refractivity contribution in [2.45, 2.75) is 26.9 Å². The highest BCUT2D eigenvalue weighted by Crippen LogP contribution is 2.18. The van der Waals surface area contributed by atoms with Crippen LogP contribution in [0, 0.1) is 13.8 Å². The molecule has 0 aromatic carbocycles. The molecule has 8 nitrogen and oxygen atoms in total. The number of H-pyrrole nitrogens is 1. The second-order valence-corrected chi connectivity index (χ2v) is 5.17. The number of rotatable bonds is 5. The van der Waals surface area contributed by atoms with Crippen LogP contribution >= 0.6 is 11.6 Å². The lowest BCUT2D eigenvalue weighted by Crippen LogP contribution is -2.37. The molecule has 2 rings (SSSR count). The van der Waals surface area contributed by atoms with E-state index in [-0.39, 0.29) is 12.5 Å². The quantitative estimate of drug-likeness (QED) is 0.796. The van der Waals surface area contributed by atoms with Gasteiger partial charge in [-0.25, -0.2) is 4.68 Å². The number of nitrogens with one attached hydrogen (secondary N) is 2. The molecule has 1 amide bonds. The summed E-state index contributed by atoms with van der Waals surface area (Å²) in [7, 11) is 0. The maximum absolute atomic E-state index is 11.8. The van der Waals surface area contributed by atoms with Crippen molar-refractivity contribution in [2.75, 3.05) is 6.54 Å². The number of amides is 1. The van der Waals surface area contributed by atoms with E-state index in [9.17, 15) is 14.4 Å². The molecule has 2 aromatic heterocycles. The highest BCUT2D eigenvalue weighted by molar-refractivity contribution is 6.31. The number of aromatic amines is 1. The third kappa shape index (κ3) is 3.64. The summed E-state index contributed by atoms with van der Waals surface area (Å²) >= 11 is 6.04. The highest BCUT2D eigenvalue weighted by atomic mass is 35.5. The number of hydrogen-bond donors (Lipinski definition) is 2. The van der Waals surface area contributed by atoms with Gasteiger partial charge in [-0.1, -0.05) is 11.6 Å². The molecule has 0 bridgehead atoms. The van der Waals surface area contributed by atoms with Gasteiger partial charge in [0.2, 0.25) is 5.91 Å². The van der Waals surface area contributed by atoms with Crippen LogP contribution in [0.15, 0.2) is 21.7 Å². The molecule has 0 unspecified atom stereocenters. The zero-order valence-electron chi connectivity index (χ0n) is 12.2. The van der Waals surface area contributed by atoms with Crippen molar-refractivity contribution in [3.8, 4) is 0 Å². The molecule has 22 heavy (non-hydrogen) atoms. The predicted molar refractivity (Wildman–Crippen MR) is 81.0 cm³/mol. The molecule has 0 spiro atoms. The Morgan fingerprint density at radius 1 is 1.36 bits per heavy atom. The Bertz CT molecular complexity index is 805. The van der Waals surface area contributed by atoms with Crippen LogP contribution in [0.4, 0.5) is 0 Å². The lowest BCUT2D eigenvalue weighted by atomic mass is 10.4.